The first-order valence-corrected chi connectivity index (χ1v) is 14.4. The molecule has 1 aliphatic heterocycles. The summed E-state index contributed by atoms with van der Waals surface area (Å²) in [4.78, 5) is 33.9. The van der Waals surface area contributed by atoms with Gasteiger partial charge in [-0.2, -0.15) is 0 Å². The van der Waals surface area contributed by atoms with E-state index < -0.39 is 6.10 Å². The highest BCUT2D eigenvalue weighted by Crippen LogP contribution is 2.40. The topological polar surface area (TPSA) is 93.2 Å². The van der Waals surface area contributed by atoms with E-state index in [1.165, 1.54) is 36.7 Å². The molecule has 0 radical (unpaired) electrons. The van der Waals surface area contributed by atoms with Gasteiger partial charge in [0.25, 0.3) is 5.91 Å². The van der Waals surface area contributed by atoms with Crippen molar-refractivity contribution in [1.82, 2.24) is 9.88 Å². The molecule has 10 heteroatoms. The van der Waals surface area contributed by atoms with Crippen molar-refractivity contribution in [3.8, 4) is 17.2 Å². The fraction of sp³-hybridized carbons (Fsp3) is 0.433. The van der Waals surface area contributed by atoms with Crippen LogP contribution in [0.1, 0.15) is 48.2 Å². The molecule has 5 rings (SSSR count). The Morgan fingerprint density at radius 1 is 1.15 bits per heavy atom. The van der Waals surface area contributed by atoms with Crippen LogP contribution in [0.5, 0.6) is 17.2 Å². The van der Waals surface area contributed by atoms with Gasteiger partial charge in [-0.1, -0.05) is 12.1 Å². The van der Waals surface area contributed by atoms with Crippen molar-refractivity contribution in [2.75, 3.05) is 44.1 Å². The molecule has 2 amide bonds. The number of aromatic nitrogens is 1. The van der Waals surface area contributed by atoms with Gasteiger partial charge in [-0.05, 0) is 62.6 Å². The summed E-state index contributed by atoms with van der Waals surface area (Å²) in [7, 11) is 3.61. The van der Waals surface area contributed by atoms with Crippen LogP contribution >= 0.6 is 11.3 Å². The third kappa shape index (κ3) is 6.74. The second-order valence-corrected chi connectivity index (χ2v) is 11.4. The van der Waals surface area contributed by atoms with E-state index in [4.69, 9.17) is 14.2 Å². The molecule has 212 valence electrons. The SMILES string of the molecule is COc1cc(N2CC[C@H](Oc3ccc(C4CC4)cc3)C2=O)ccc1OCCN(C)Cc1sc(NC(C)=O)nc1C. The number of carbonyl (C=O) groups is 2. The summed E-state index contributed by atoms with van der Waals surface area (Å²) in [5.41, 5.74) is 3.02. The number of thiazole rings is 1. The number of carbonyl (C=O) groups excluding carboxylic acids is 2. The smallest absolute Gasteiger partial charge is 0.268 e. The molecule has 1 N–H and O–H groups in total. The molecule has 0 bridgehead atoms. The molecule has 0 unspecified atom stereocenters. The Kier molecular flexibility index (Phi) is 8.56. The fourth-order valence-electron chi connectivity index (χ4n) is 4.78. The van der Waals surface area contributed by atoms with Crippen molar-refractivity contribution in [2.24, 2.45) is 0 Å². The van der Waals surface area contributed by atoms with Crippen molar-refractivity contribution < 1.29 is 23.8 Å². The number of likely N-dealkylation sites (N-methyl/N-ethyl adjacent to an activating group) is 1. The minimum atomic E-state index is -0.499. The number of rotatable bonds is 12. The number of nitrogens with zero attached hydrogens (tertiary/aromatic N) is 3. The lowest BCUT2D eigenvalue weighted by Crippen LogP contribution is -2.32. The van der Waals surface area contributed by atoms with E-state index in [0.717, 1.165) is 22.0 Å². The van der Waals surface area contributed by atoms with Gasteiger partial charge in [-0.3, -0.25) is 14.5 Å². The molecule has 1 aliphatic carbocycles. The van der Waals surface area contributed by atoms with E-state index in [-0.39, 0.29) is 11.8 Å². The predicted molar refractivity (Wildman–Crippen MR) is 156 cm³/mol. The van der Waals surface area contributed by atoms with Gasteiger partial charge in [0.2, 0.25) is 5.91 Å². The van der Waals surface area contributed by atoms with Gasteiger partial charge in [0.05, 0.1) is 12.8 Å². The van der Waals surface area contributed by atoms with Crippen molar-refractivity contribution in [1.29, 1.82) is 0 Å². The van der Waals surface area contributed by atoms with E-state index >= 15 is 0 Å². The zero-order chi connectivity index (χ0) is 28.2. The maximum absolute atomic E-state index is 13.2. The Balaban J connectivity index is 1.13. The average molecular weight is 565 g/mol. The number of ether oxygens (including phenoxy) is 3. The Hall–Kier alpha value is -3.63. The minimum absolute atomic E-state index is 0.0522. The van der Waals surface area contributed by atoms with Crippen LogP contribution in [0.25, 0.3) is 0 Å². The van der Waals surface area contributed by atoms with Crippen LogP contribution in [-0.2, 0) is 16.1 Å². The Morgan fingerprint density at radius 3 is 2.62 bits per heavy atom. The van der Waals surface area contributed by atoms with Gasteiger partial charge in [-0.25, -0.2) is 4.98 Å². The first-order chi connectivity index (χ1) is 19.3. The highest BCUT2D eigenvalue weighted by atomic mass is 32.1. The molecule has 3 aromatic rings. The number of hydrogen-bond acceptors (Lipinski definition) is 8. The molecule has 2 fully saturated rings. The summed E-state index contributed by atoms with van der Waals surface area (Å²) in [6, 6.07) is 13.7. The number of methoxy groups -OCH3 is 1. The van der Waals surface area contributed by atoms with Crippen LogP contribution in [0.15, 0.2) is 42.5 Å². The van der Waals surface area contributed by atoms with Crippen LogP contribution in [0.2, 0.25) is 0 Å². The zero-order valence-corrected chi connectivity index (χ0v) is 24.3. The molecular formula is C30H36N4O5S. The van der Waals surface area contributed by atoms with E-state index in [2.05, 4.69) is 27.3 Å². The number of hydrogen-bond donors (Lipinski definition) is 1. The third-order valence-electron chi connectivity index (χ3n) is 7.14. The average Bonchev–Trinajstić information content (AvgIpc) is 3.64. The monoisotopic (exact) mass is 564 g/mol. The second kappa shape index (κ2) is 12.3. The number of amides is 2. The van der Waals surface area contributed by atoms with Crippen LogP contribution < -0.4 is 24.4 Å². The number of aryl methyl sites for hydroxylation is 1. The zero-order valence-electron chi connectivity index (χ0n) is 23.4. The quantitative estimate of drug-likeness (QED) is 0.331. The summed E-state index contributed by atoms with van der Waals surface area (Å²) < 4.78 is 17.7. The first-order valence-electron chi connectivity index (χ1n) is 13.6. The minimum Gasteiger partial charge on any atom is -0.493 e. The third-order valence-corrected chi connectivity index (χ3v) is 8.20. The summed E-state index contributed by atoms with van der Waals surface area (Å²) in [5, 5.41) is 3.36. The van der Waals surface area contributed by atoms with Gasteiger partial charge in [0.15, 0.2) is 22.7 Å². The molecule has 2 aliphatic rings. The molecule has 1 saturated carbocycles. The van der Waals surface area contributed by atoms with Crippen LogP contribution in [-0.4, -0.2) is 61.7 Å². The number of benzene rings is 2. The highest BCUT2D eigenvalue weighted by Gasteiger charge is 2.35. The van der Waals surface area contributed by atoms with E-state index in [1.807, 2.05) is 44.3 Å². The van der Waals surface area contributed by atoms with Gasteiger partial charge >= 0.3 is 0 Å². The Morgan fingerprint density at radius 2 is 1.93 bits per heavy atom. The summed E-state index contributed by atoms with van der Waals surface area (Å²) in [6.07, 6.45) is 2.65. The van der Waals surface area contributed by atoms with Gasteiger partial charge in [-0.15, -0.1) is 11.3 Å². The molecule has 1 atom stereocenters. The normalized spacial score (nSPS) is 16.9. The van der Waals surface area contributed by atoms with Gasteiger partial charge in [0.1, 0.15) is 12.4 Å². The first kappa shape index (κ1) is 27.9. The van der Waals surface area contributed by atoms with E-state index in [0.29, 0.717) is 55.2 Å². The largest absolute Gasteiger partial charge is 0.493 e. The number of anilines is 2. The van der Waals surface area contributed by atoms with E-state index in [1.54, 1.807) is 12.0 Å². The fourth-order valence-corrected chi connectivity index (χ4v) is 5.87. The predicted octanol–water partition coefficient (Wildman–Crippen LogP) is 4.99. The lowest BCUT2D eigenvalue weighted by Gasteiger charge is -2.20. The molecule has 2 heterocycles. The Labute approximate surface area is 239 Å². The standard InChI is InChI=1S/C30H36N4O5S/c1-19-28(40-30(31-19)32-20(2)35)18-33(3)15-16-38-25-12-9-23(17-27(25)37-4)34-14-13-26(29(34)36)39-24-10-7-22(8-11-24)21-5-6-21/h7-12,17,21,26H,5-6,13-16,18H2,1-4H3,(H,31,32,35)/t26-/m0/s1. The van der Waals surface area contributed by atoms with Crippen LogP contribution in [0, 0.1) is 6.92 Å². The van der Waals surface area contributed by atoms with Crippen molar-refractivity contribution in [3.05, 3.63) is 58.6 Å². The summed E-state index contributed by atoms with van der Waals surface area (Å²) in [5.74, 6) is 2.44. The lowest BCUT2D eigenvalue weighted by atomic mass is 10.1. The molecule has 2 aromatic carbocycles. The Bertz CT molecular complexity index is 1350. The van der Waals surface area contributed by atoms with Crippen molar-refractivity contribution in [2.45, 2.75) is 51.7 Å². The molecule has 1 saturated heterocycles. The maximum atomic E-state index is 13.2. The van der Waals surface area contributed by atoms with Crippen LogP contribution in [0.3, 0.4) is 0 Å². The van der Waals surface area contributed by atoms with E-state index in [9.17, 15) is 9.59 Å². The summed E-state index contributed by atoms with van der Waals surface area (Å²) >= 11 is 1.48. The maximum Gasteiger partial charge on any atom is 0.268 e. The summed E-state index contributed by atoms with van der Waals surface area (Å²) in [6.45, 7) is 5.85. The molecule has 0 spiro atoms. The van der Waals surface area contributed by atoms with Gasteiger partial charge < -0.3 is 24.4 Å². The van der Waals surface area contributed by atoms with Crippen molar-refractivity contribution in [3.63, 3.8) is 0 Å². The molecular weight excluding hydrogens is 528 g/mol. The molecule has 9 nitrogen and oxygen atoms in total. The lowest BCUT2D eigenvalue weighted by molar-refractivity contribution is -0.122. The molecule has 1 aromatic heterocycles. The number of nitrogens with one attached hydrogen (secondary N) is 1. The molecule has 40 heavy (non-hydrogen) atoms. The highest BCUT2D eigenvalue weighted by molar-refractivity contribution is 7.15. The van der Waals surface area contributed by atoms with Gasteiger partial charge in [0, 0.05) is 49.6 Å². The van der Waals surface area contributed by atoms with Crippen LogP contribution in [0.4, 0.5) is 10.8 Å². The van der Waals surface area contributed by atoms with Crippen molar-refractivity contribution >= 4 is 34.0 Å². The second-order valence-electron chi connectivity index (χ2n) is 10.4.